The molecule has 0 aliphatic rings. The van der Waals surface area contributed by atoms with Crippen LogP contribution in [-0.4, -0.2) is 23.0 Å². The number of alkyl halides is 3. The number of nitrogens with zero attached hydrogens (tertiary/aromatic N) is 2. The zero-order valence-corrected chi connectivity index (χ0v) is 11.3. The van der Waals surface area contributed by atoms with Crippen molar-refractivity contribution < 1.29 is 17.9 Å². The van der Waals surface area contributed by atoms with Gasteiger partial charge < -0.3 is 4.74 Å². The van der Waals surface area contributed by atoms with Crippen LogP contribution < -0.4 is 4.74 Å². The van der Waals surface area contributed by atoms with E-state index in [0.717, 1.165) is 0 Å². The van der Waals surface area contributed by atoms with Gasteiger partial charge in [-0.15, -0.1) is 10.2 Å². The summed E-state index contributed by atoms with van der Waals surface area (Å²) in [4.78, 5) is 0. The highest BCUT2D eigenvalue weighted by Crippen LogP contribution is 2.31. The SMILES string of the molecule is FC(F)(F)COc1nnc(Cl)cc1-c1ccc(Cl)cc1. The molecule has 0 bridgehead atoms. The van der Waals surface area contributed by atoms with Crippen molar-refractivity contribution >= 4 is 23.2 Å². The summed E-state index contributed by atoms with van der Waals surface area (Å²) < 4.78 is 41.2. The van der Waals surface area contributed by atoms with Gasteiger partial charge in [0.1, 0.15) is 0 Å². The van der Waals surface area contributed by atoms with Crippen molar-refractivity contribution in [3.8, 4) is 17.0 Å². The molecule has 20 heavy (non-hydrogen) atoms. The predicted octanol–water partition coefficient (Wildman–Crippen LogP) is 4.39. The summed E-state index contributed by atoms with van der Waals surface area (Å²) >= 11 is 11.5. The fourth-order valence-corrected chi connectivity index (χ4v) is 1.72. The Labute approximate surface area is 122 Å². The molecule has 0 spiro atoms. The van der Waals surface area contributed by atoms with Crippen LogP contribution in [-0.2, 0) is 0 Å². The third kappa shape index (κ3) is 3.98. The molecule has 0 aliphatic carbocycles. The maximum Gasteiger partial charge on any atom is 0.422 e. The van der Waals surface area contributed by atoms with Crippen LogP contribution >= 0.6 is 23.2 Å². The maximum absolute atomic E-state index is 12.2. The van der Waals surface area contributed by atoms with Gasteiger partial charge in [0.05, 0.1) is 0 Å². The molecule has 0 aliphatic heterocycles. The molecule has 0 atom stereocenters. The summed E-state index contributed by atoms with van der Waals surface area (Å²) in [6.07, 6.45) is -4.46. The molecular formula is C12H7Cl2F3N2O. The van der Waals surface area contributed by atoms with Gasteiger partial charge in [0.15, 0.2) is 11.8 Å². The number of rotatable bonds is 3. The van der Waals surface area contributed by atoms with Crippen molar-refractivity contribution in [1.82, 2.24) is 10.2 Å². The fraction of sp³-hybridized carbons (Fsp3) is 0.167. The highest BCUT2D eigenvalue weighted by molar-refractivity contribution is 6.30. The molecule has 1 aromatic carbocycles. The highest BCUT2D eigenvalue weighted by atomic mass is 35.5. The Kier molecular flexibility index (Phi) is 4.35. The Morgan fingerprint density at radius 2 is 1.70 bits per heavy atom. The van der Waals surface area contributed by atoms with Gasteiger partial charge >= 0.3 is 6.18 Å². The molecule has 0 N–H and O–H groups in total. The lowest BCUT2D eigenvalue weighted by atomic mass is 10.1. The second kappa shape index (κ2) is 5.85. The van der Waals surface area contributed by atoms with Crippen LogP contribution in [0.15, 0.2) is 30.3 Å². The third-order valence-electron chi connectivity index (χ3n) is 2.26. The number of aromatic nitrogens is 2. The van der Waals surface area contributed by atoms with Gasteiger partial charge in [-0.1, -0.05) is 35.3 Å². The van der Waals surface area contributed by atoms with E-state index in [4.69, 9.17) is 23.2 Å². The minimum absolute atomic E-state index is 0.0503. The van der Waals surface area contributed by atoms with Crippen molar-refractivity contribution in [2.45, 2.75) is 6.18 Å². The van der Waals surface area contributed by atoms with Crippen LogP contribution in [0.5, 0.6) is 5.88 Å². The summed E-state index contributed by atoms with van der Waals surface area (Å²) in [5.41, 5.74) is 0.884. The Morgan fingerprint density at radius 3 is 2.30 bits per heavy atom. The average Bonchev–Trinajstić information content (AvgIpc) is 2.37. The first-order valence-electron chi connectivity index (χ1n) is 5.34. The number of ether oxygens (including phenoxy) is 1. The van der Waals surface area contributed by atoms with Gasteiger partial charge in [0, 0.05) is 10.6 Å². The highest BCUT2D eigenvalue weighted by Gasteiger charge is 2.29. The summed E-state index contributed by atoms with van der Waals surface area (Å²) in [5, 5.41) is 7.57. The van der Waals surface area contributed by atoms with E-state index in [1.54, 1.807) is 24.3 Å². The minimum atomic E-state index is -4.46. The first-order valence-corrected chi connectivity index (χ1v) is 6.09. The zero-order valence-electron chi connectivity index (χ0n) is 9.79. The molecule has 0 radical (unpaired) electrons. The summed E-state index contributed by atoms with van der Waals surface area (Å²) in [7, 11) is 0. The van der Waals surface area contributed by atoms with Crippen molar-refractivity contribution in [2.24, 2.45) is 0 Å². The lowest BCUT2D eigenvalue weighted by Crippen LogP contribution is -2.20. The van der Waals surface area contributed by atoms with E-state index in [9.17, 15) is 13.2 Å². The first kappa shape index (κ1) is 14.9. The lowest BCUT2D eigenvalue weighted by Gasteiger charge is -2.11. The molecule has 0 fully saturated rings. The van der Waals surface area contributed by atoms with E-state index in [1.165, 1.54) is 6.07 Å². The second-order valence-corrected chi connectivity index (χ2v) is 4.62. The largest absolute Gasteiger partial charge is 0.467 e. The molecule has 106 valence electrons. The van der Waals surface area contributed by atoms with Crippen molar-refractivity contribution in [3.63, 3.8) is 0 Å². The number of hydrogen-bond donors (Lipinski definition) is 0. The van der Waals surface area contributed by atoms with Gasteiger partial charge in [-0.2, -0.15) is 13.2 Å². The summed E-state index contributed by atoms with van der Waals surface area (Å²) in [5.74, 6) is -0.242. The number of benzene rings is 1. The topological polar surface area (TPSA) is 35.0 Å². The summed E-state index contributed by atoms with van der Waals surface area (Å²) in [6.45, 7) is -1.45. The van der Waals surface area contributed by atoms with E-state index < -0.39 is 12.8 Å². The van der Waals surface area contributed by atoms with Crippen LogP contribution in [0.4, 0.5) is 13.2 Å². The zero-order chi connectivity index (χ0) is 14.8. The van der Waals surface area contributed by atoms with Crippen LogP contribution in [0.3, 0.4) is 0 Å². The van der Waals surface area contributed by atoms with Gasteiger partial charge in [0.25, 0.3) is 0 Å². The minimum Gasteiger partial charge on any atom is -0.467 e. The molecule has 8 heteroatoms. The Bertz CT molecular complexity index is 603. The van der Waals surface area contributed by atoms with Crippen molar-refractivity contribution in [1.29, 1.82) is 0 Å². The van der Waals surface area contributed by atoms with E-state index in [2.05, 4.69) is 14.9 Å². The summed E-state index contributed by atoms with van der Waals surface area (Å²) in [6, 6.07) is 7.81. The molecule has 0 saturated heterocycles. The van der Waals surface area contributed by atoms with Crippen LogP contribution in [0, 0.1) is 0 Å². The standard InChI is InChI=1S/C12H7Cl2F3N2O/c13-8-3-1-7(2-4-8)9-5-10(14)18-19-11(9)20-6-12(15,16)17/h1-5H,6H2. The van der Waals surface area contributed by atoms with Crippen LogP contribution in [0.1, 0.15) is 0 Å². The van der Waals surface area contributed by atoms with Crippen molar-refractivity contribution in [2.75, 3.05) is 6.61 Å². The molecule has 1 heterocycles. The fourth-order valence-electron chi connectivity index (χ4n) is 1.45. The molecule has 2 rings (SSSR count). The normalized spacial score (nSPS) is 11.4. The quantitative estimate of drug-likeness (QED) is 0.840. The van der Waals surface area contributed by atoms with Crippen LogP contribution in [0.2, 0.25) is 10.2 Å². The molecule has 0 unspecified atom stereocenters. The smallest absolute Gasteiger partial charge is 0.422 e. The first-order chi connectivity index (χ1) is 9.35. The molecule has 0 amide bonds. The van der Waals surface area contributed by atoms with E-state index in [-0.39, 0.29) is 11.0 Å². The Hall–Kier alpha value is -1.53. The maximum atomic E-state index is 12.2. The molecule has 2 aromatic rings. The monoisotopic (exact) mass is 322 g/mol. The molecule has 3 nitrogen and oxygen atoms in total. The van der Waals surface area contributed by atoms with E-state index in [1.807, 2.05) is 0 Å². The lowest BCUT2D eigenvalue weighted by molar-refractivity contribution is -0.154. The number of hydrogen-bond acceptors (Lipinski definition) is 3. The Balaban J connectivity index is 2.35. The number of halogens is 5. The van der Waals surface area contributed by atoms with Gasteiger partial charge in [0.2, 0.25) is 5.88 Å². The van der Waals surface area contributed by atoms with E-state index >= 15 is 0 Å². The van der Waals surface area contributed by atoms with E-state index in [0.29, 0.717) is 16.1 Å². The molecule has 0 saturated carbocycles. The predicted molar refractivity (Wildman–Crippen MR) is 69.0 cm³/mol. The second-order valence-electron chi connectivity index (χ2n) is 3.80. The van der Waals surface area contributed by atoms with Crippen LogP contribution in [0.25, 0.3) is 11.1 Å². The molecule has 1 aromatic heterocycles. The van der Waals surface area contributed by atoms with Gasteiger partial charge in [-0.05, 0) is 23.8 Å². The average molecular weight is 323 g/mol. The Morgan fingerprint density at radius 1 is 1.05 bits per heavy atom. The van der Waals surface area contributed by atoms with Gasteiger partial charge in [-0.3, -0.25) is 0 Å². The van der Waals surface area contributed by atoms with Crippen molar-refractivity contribution in [3.05, 3.63) is 40.5 Å². The third-order valence-corrected chi connectivity index (χ3v) is 2.69. The van der Waals surface area contributed by atoms with Gasteiger partial charge in [-0.25, -0.2) is 0 Å². The molecular weight excluding hydrogens is 316 g/mol.